The summed E-state index contributed by atoms with van der Waals surface area (Å²) in [5.41, 5.74) is 2.04. The number of likely N-dealkylation sites (tertiary alicyclic amines) is 1. The molecule has 5 rings (SSSR count). The van der Waals surface area contributed by atoms with Gasteiger partial charge in [0, 0.05) is 45.0 Å². The number of rotatable bonds is 3. The topological polar surface area (TPSA) is 63.0 Å². The zero-order valence-corrected chi connectivity index (χ0v) is 13.6. The molecule has 2 saturated heterocycles. The first-order valence-corrected chi connectivity index (χ1v) is 8.33. The molecule has 2 fully saturated rings. The highest BCUT2D eigenvalue weighted by molar-refractivity contribution is 5.87. The minimum Gasteiger partial charge on any atom is -0.350 e. The van der Waals surface area contributed by atoms with Crippen LogP contribution in [0.4, 0.5) is 5.82 Å². The van der Waals surface area contributed by atoms with Crippen molar-refractivity contribution in [1.29, 1.82) is 0 Å². The second kappa shape index (κ2) is 5.24. The molecule has 7 nitrogen and oxygen atoms in total. The summed E-state index contributed by atoms with van der Waals surface area (Å²) < 4.78 is 1.81. The number of hydrogen-bond donors (Lipinski definition) is 0. The van der Waals surface area contributed by atoms with E-state index in [9.17, 15) is 0 Å². The molecule has 2 atom stereocenters. The highest BCUT2D eigenvalue weighted by Crippen LogP contribution is 2.36. The summed E-state index contributed by atoms with van der Waals surface area (Å²) >= 11 is 0. The molecular weight excluding hydrogens is 302 g/mol. The molecular formula is C17H19N7. The van der Waals surface area contributed by atoms with E-state index in [4.69, 9.17) is 0 Å². The lowest BCUT2D eigenvalue weighted by molar-refractivity contribution is 0.227. The maximum atomic E-state index is 4.56. The monoisotopic (exact) mass is 321 g/mol. The molecule has 122 valence electrons. The van der Waals surface area contributed by atoms with E-state index in [0.29, 0.717) is 12.1 Å². The Morgan fingerprint density at radius 2 is 2.08 bits per heavy atom. The number of anilines is 1. The quantitative estimate of drug-likeness (QED) is 0.723. The third kappa shape index (κ3) is 2.08. The average molecular weight is 321 g/mol. The van der Waals surface area contributed by atoms with Crippen molar-refractivity contribution in [2.24, 2.45) is 7.05 Å². The van der Waals surface area contributed by atoms with E-state index in [0.717, 1.165) is 42.2 Å². The van der Waals surface area contributed by atoms with Gasteiger partial charge in [0.15, 0.2) is 5.65 Å². The van der Waals surface area contributed by atoms with Gasteiger partial charge in [-0.3, -0.25) is 14.6 Å². The number of nitrogens with zero attached hydrogens (tertiary/aromatic N) is 7. The van der Waals surface area contributed by atoms with Crippen LogP contribution in [0.1, 0.15) is 12.1 Å². The molecule has 0 aromatic carbocycles. The molecule has 2 bridgehead atoms. The number of hydrogen-bond acceptors (Lipinski definition) is 6. The SMILES string of the molecule is Cn1ncc2c(N3CC4CC3CN4Cc3ccccn3)ncnc21. The fourth-order valence-electron chi connectivity index (χ4n) is 4.08. The Morgan fingerprint density at radius 3 is 2.88 bits per heavy atom. The van der Waals surface area contributed by atoms with Gasteiger partial charge in [0.1, 0.15) is 12.1 Å². The molecule has 24 heavy (non-hydrogen) atoms. The molecule has 0 aliphatic carbocycles. The van der Waals surface area contributed by atoms with E-state index in [1.807, 2.05) is 30.2 Å². The third-order valence-corrected chi connectivity index (χ3v) is 5.23. The van der Waals surface area contributed by atoms with Crippen LogP contribution in [0.3, 0.4) is 0 Å². The van der Waals surface area contributed by atoms with Crippen LogP contribution in [0.25, 0.3) is 11.0 Å². The highest BCUT2D eigenvalue weighted by Gasteiger charge is 2.44. The van der Waals surface area contributed by atoms with Gasteiger partial charge in [0.05, 0.1) is 17.3 Å². The summed E-state index contributed by atoms with van der Waals surface area (Å²) in [4.78, 5) is 18.4. The van der Waals surface area contributed by atoms with Gasteiger partial charge in [-0.2, -0.15) is 5.10 Å². The van der Waals surface area contributed by atoms with Crippen LogP contribution >= 0.6 is 0 Å². The summed E-state index contributed by atoms with van der Waals surface area (Å²) in [6.45, 7) is 3.01. The smallest absolute Gasteiger partial charge is 0.163 e. The van der Waals surface area contributed by atoms with E-state index in [2.05, 4.69) is 42.0 Å². The van der Waals surface area contributed by atoms with Gasteiger partial charge in [0.25, 0.3) is 0 Å². The van der Waals surface area contributed by atoms with Crippen molar-refractivity contribution in [3.05, 3.63) is 42.6 Å². The molecule has 0 N–H and O–H groups in total. The molecule has 3 aromatic heterocycles. The van der Waals surface area contributed by atoms with Crippen LogP contribution in [0.5, 0.6) is 0 Å². The summed E-state index contributed by atoms with van der Waals surface area (Å²) in [6.07, 6.45) is 6.59. The van der Waals surface area contributed by atoms with Gasteiger partial charge >= 0.3 is 0 Å². The van der Waals surface area contributed by atoms with Crippen molar-refractivity contribution in [3.8, 4) is 0 Å². The number of fused-ring (bicyclic) bond motifs is 3. The molecule has 2 unspecified atom stereocenters. The summed E-state index contributed by atoms with van der Waals surface area (Å²) in [6, 6.07) is 7.21. The predicted molar refractivity (Wildman–Crippen MR) is 90.5 cm³/mol. The maximum Gasteiger partial charge on any atom is 0.163 e. The fourth-order valence-corrected chi connectivity index (χ4v) is 4.08. The number of pyridine rings is 1. The van der Waals surface area contributed by atoms with Gasteiger partial charge < -0.3 is 4.90 Å². The van der Waals surface area contributed by atoms with Gasteiger partial charge in [-0.1, -0.05) is 6.07 Å². The van der Waals surface area contributed by atoms with Gasteiger partial charge in [-0.25, -0.2) is 9.97 Å². The molecule has 0 saturated carbocycles. The first-order valence-electron chi connectivity index (χ1n) is 8.33. The minimum absolute atomic E-state index is 0.511. The molecule has 7 heteroatoms. The van der Waals surface area contributed by atoms with Crippen LogP contribution in [-0.2, 0) is 13.6 Å². The lowest BCUT2D eigenvalue weighted by Crippen LogP contribution is -2.46. The zero-order chi connectivity index (χ0) is 16.1. The minimum atomic E-state index is 0.511. The first-order chi connectivity index (χ1) is 11.8. The molecule has 2 aliphatic heterocycles. The van der Waals surface area contributed by atoms with E-state index in [-0.39, 0.29) is 0 Å². The second-order valence-corrected chi connectivity index (χ2v) is 6.65. The van der Waals surface area contributed by atoms with Crippen LogP contribution in [-0.4, -0.2) is 54.8 Å². The van der Waals surface area contributed by atoms with Crippen LogP contribution < -0.4 is 4.90 Å². The van der Waals surface area contributed by atoms with Crippen molar-refractivity contribution in [3.63, 3.8) is 0 Å². The van der Waals surface area contributed by atoms with Crippen molar-refractivity contribution in [2.45, 2.75) is 25.0 Å². The average Bonchev–Trinajstić information content (AvgIpc) is 3.30. The van der Waals surface area contributed by atoms with Gasteiger partial charge in [0.2, 0.25) is 0 Å². The Kier molecular flexibility index (Phi) is 3.02. The van der Waals surface area contributed by atoms with Gasteiger partial charge in [-0.05, 0) is 18.6 Å². The Morgan fingerprint density at radius 1 is 1.12 bits per heavy atom. The number of aromatic nitrogens is 5. The number of piperazine rings is 1. The Hall–Kier alpha value is -2.54. The van der Waals surface area contributed by atoms with Crippen molar-refractivity contribution in [2.75, 3.05) is 18.0 Å². The lowest BCUT2D eigenvalue weighted by atomic mass is 10.2. The van der Waals surface area contributed by atoms with E-state index < -0.39 is 0 Å². The van der Waals surface area contributed by atoms with E-state index in [1.165, 1.54) is 6.42 Å². The molecule has 0 spiro atoms. The zero-order valence-electron chi connectivity index (χ0n) is 13.6. The molecule has 3 aromatic rings. The molecule has 2 aliphatic rings. The van der Waals surface area contributed by atoms with Crippen molar-refractivity contribution in [1.82, 2.24) is 29.6 Å². The van der Waals surface area contributed by atoms with Crippen molar-refractivity contribution >= 4 is 16.9 Å². The summed E-state index contributed by atoms with van der Waals surface area (Å²) in [5, 5.41) is 5.37. The lowest BCUT2D eigenvalue weighted by Gasteiger charge is -2.34. The number of aryl methyl sites for hydroxylation is 1. The fraction of sp³-hybridized carbons (Fsp3) is 0.412. The Balaban J connectivity index is 1.38. The summed E-state index contributed by atoms with van der Waals surface area (Å²) in [7, 11) is 1.92. The Bertz CT molecular complexity index is 875. The second-order valence-electron chi connectivity index (χ2n) is 6.65. The standard InChI is InChI=1S/C17H19N7/c1-22-16-15(7-21-22)17(20-11-19-16)24-10-13-6-14(24)9-23(13)8-12-4-2-3-5-18-12/h2-5,7,11,13-14H,6,8-10H2,1H3. The summed E-state index contributed by atoms with van der Waals surface area (Å²) in [5.74, 6) is 1.03. The van der Waals surface area contributed by atoms with Crippen LogP contribution in [0.2, 0.25) is 0 Å². The molecule has 0 radical (unpaired) electrons. The van der Waals surface area contributed by atoms with Crippen LogP contribution in [0, 0.1) is 0 Å². The van der Waals surface area contributed by atoms with Crippen molar-refractivity contribution < 1.29 is 0 Å². The first kappa shape index (κ1) is 13.9. The van der Waals surface area contributed by atoms with Gasteiger partial charge in [-0.15, -0.1) is 0 Å². The molecule has 5 heterocycles. The van der Waals surface area contributed by atoms with E-state index >= 15 is 0 Å². The highest BCUT2D eigenvalue weighted by atomic mass is 15.4. The Labute approximate surface area is 139 Å². The maximum absolute atomic E-state index is 4.56. The normalized spacial score (nSPS) is 23.5. The third-order valence-electron chi connectivity index (χ3n) is 5.23. The predicted octanol–water partition coefficient (Wildman–Crippen LogP) is 1.22. The molecule has 0 amide bonds. The largest absolute Gasteiger partial charge is 0.350 e. The van der Waals surface area contributed by atoms with Crippen LogP contribution in [0.15, 0.2) is 36.9 Å². The van der Waals surface area contributed by atoms with E-state index in [1.54, 1.807) is 6.33 Å².